The molecule has 62 valence electrons. The smallest absolute Gasteiger partial charge is 0.184 e. The second-order valence-corrected chi connectivity index (χ2v) is 5.08. The molecule has 1 heterocycles. The fourth-order valence-electron chi connectivity index (χ4n) is 0.895. The van der Waals surface area contributed by atoms with Gasteiger partial charge in [0.25, 0.3) is 0 Å². The third kappa shape index (κ3) is 1.46. The highest BCUT2D eigenvalue weighted by Crippen LogP contribution is 2.32. The third-order valence-electron chi connectivity index (χ3n) is 1.40. The molecule has 12 heavy (non-hydrogen) atoms. The number of nitrogens with zero attached hydrogens (tertiary/aromatic N) is 1. The van der Waals surface area contributed by atoms with Gasteiger partial charge in [0.15, 0.2) is 4.47 Å². The van der Waals surface area contributed by atoms with E-state index in [2.05, 4.69) is 20.9 Å². The molecule has 1 aromatic heterocycles. The summed E-state index contributed by atoms with van der Waals surface area (Å²) in [6, 6.07) is 3.71. The summed E-state index contributed by atoms with van der Waals surface area (Å²) in [5, 5.41) is 0.657. The summed E-state index contributed by atoms with van der Waals surface area (Å²) >= 11 is 16.4. The summed E-state index contributed by atoms with van der Waals surface area (Å²) in [7, 11) is 0. The molecule has 2 rings (SSSR count). The predicted molar refractivity (Wildman–Crippen MR) is 57.3 cm³/mol. The number of benzene rings is 1. The van der Waals surface area contributed by atoms with E-state index in [1.165, 1.54) is 11.3 Å². The Labute approximate surface area is 91.4 Å². The van der Waals surface area contributed by atoms with Gasteiger partial charge in [-0.2, -0.15) is 0 Å². The normalized spacial score (nSPS) is 10.9. The SMILES string of the molecule is Clc1nc2cc(Cl)c(Br)cc2s1. The molecule has 0 radical (unpaired) electrons. The largest absolute Gasteiger partial charge is 0.225 e. The van der Waals surface area contributed by atoms with E-state index >= 15 is 0 Å². The summed E-state index contributed by atoms with van der Waals surface area (Å²) in [6.07, 6.45) is 0. The number of hydrogen-bond acceptors (Lipinski definition) is 2. The Morgan fingerprint density at radius 2 is 2.08 bits per heavy atom. The van der Waals surface area contributed by atoms with Crippen LogP contribution >= 0.6 is 50.5 Å². The molecule has 2 aromatic rings. The molecular weight excluding hydrogens is 281 g/mol. The lowest BCUT2D eigenvalue weighted by atomic mass is 10.3. The van der Waals surface area contributed by atoms with Crippen LogP contribution in [0.25, 0.3) is 10.2 Å². The van der Waals surface area contributed by atoms with Gasteiger partial charge in [0.1, 0.15) is 0 Å². The van der Waals surface area contributed by atoms with Crippen molar-refractivity contribution in [1.82, 2.24) is 4.98 Å². The highest BCUT2D eigenvalue weighted by molar-refractivity contribution is 9.10. The van der Waals surface area contributed by atoms with Crippen LogP contribution in [-0.4, -0.2) is 4.98 Å². The van der Waals surface area contributed by atoms with Crippen LogP contribution in [0.5, 0.6) is 0 Å². The molecular formula is C7H2BrCl2NS. The molecule has 0 aliphatic carbocycles. The molecule has 0 aliphatic rings. The molecule has 0 spiro atoms. The minimum Gasteiger partial charge on any atom is -0.225 e. The zero-order chi connectivity index (χ0) is 8.72. The molecule has 0 saturated heterocycles. The molecule has 0 unspecified atom stereocenters. The highest BCUT2D eigenvalue weighted by atomic mass is 79.9. The fraction of sp³-hybridized carbons (Fsp3) is 0. The van der Waals surface area contributed by atoms with Crippen molar-refractivity contribution in [3.63, 3.8) is 0 Å². The standard InChI is InChI=1S/C7H2BrCl2NS/c8-3-1-6-5(2-4(3)9)11-7(10)12-6/h1-2H. The molecule has 0 atom stereocenters. The van der Waals surface area contributed by atoms with Crippen molar-refractivity contribution in [2.45, 2.75) is 0 Å². The van der Waals surface area contributed by atoms with E-state index in [1.54, 1.807) is 6.07 Å². The fourth-order valence-corrected chi connectivity index (χ4v) is 2.60. The Kier molecular flexibility index (Phi) is 2.29. The van der Waals surface area contributed by atoms with Gasteiger partial charge < -0.3 is 0 Å². The van der Waals surface area contributed by atoms with Crippen LogP contribution in [0.1, 0.15) is 0 Å². The molecule has 5 heteroatoms. The lowest BCUT2D eigenvalue weighted by Gasteiger charge is -1.93. The Bertz CT molecular complexity index is 401. The van der Waals surface area contributed by atoms with Crippen molar-refractivity contribution in [1.29, 1.82) is 0 Å². The minimum absolute atomic E-state index is 0.541. The molecule has 0 saturated carbocycles. The topological polar surface area (TPSA) is 12.9 Å². The number of thiazole rings is 1. The lowest BCUT2D eigenvalue weighted by molar-refractivity contribution is 1.49. The summed E-state index contributed by atoms with van der Waals surface area (Å²) in [4.78, 5) is 4.09. The van der Waals surface area contributed by atoms with Crippen molar-refractivity contribution < 1.29 is 0 Å². The minimum atomic E-state index is 0.541. The zero-order valence-corrected chi connectivity index (χ0v) is 9.56. The summed E-state index contributed by atoms with van der Waals surface area (Å²) < 4.78 is 2.45. The van der Waals surface area contributed by atoms with Crippen LogP contribution in [0, 0.1) is 0 Å². The van der Waals surface area contributed by atoms with E-state index in [9.17, 15) is 0 Å². The van der Waals surface area contributed by atoms with E-state index in [1.807, 2.05) is 6.07 Å². The van der Waals surface area contributed by atoms with Crippen LogP contribution < -0.4 is 0 Å². The number of fused-ring (bicyclic) bond motifs is 1. The van der Waals surface area contributed by atoms with Crippen LogP contribution in [0.4, 0.5) is 0 Å². The second-order valence-electron chi connectivity index (χ2n) is 2.20. The van der Waals surface area contributed by atoms with Crippen molar-refractivity contribution in [3.05, 3.63) is 26.1 Å². The first-order valence-corrected chi connectivity index (χ1v) is 5.44. The quantitative estimate of drug-likeness (QED) is 0.699. The van der Waals surface area contributed by atoms with Crippen molar-refractivity contribution in [2.24, 2.45) is 0 Å². The number of halogens is 3. The number of hydrogen-bond donors (Lipinski definition) is 0. The zero-order valence-electron chi connectivity index (χ0n) is 5.64. The Balaban J connectivity index is 2.83. The second kappa shape index (κ2) is 3.14. The van der Waals surface area contributed by atoms with E-state index in [4.69, 9.17) is 23.2 Å². The Morgan fingerprint density at radius 3 is 2.83 bits per heavy atom. The summed E-state index contributed by atoms with van der Waals surface area (Å²) in [5.74, 6) is 0. The predicted octanol–water partition coefficient (Wildman–Crippen LogP) is 4.37. The molecule has 0 amide bonds. The van der Waals surface area contributed by atoms with Gasteiger partial charge in [0.05, 0.1) is 15.2 Å². The Hall–Kier alpha value is 0.170. The number of rotatable bonds is 0. The van der Waals surface area contributed by atoms with Crippen LogP contribution in [0.3, 0.4) is 0 Å². The maximum absolute atomic E-state index is 5.87. The van der Waals surface area contributed by atoms with Gasteiger partial charge in [-0.1, -0.05) is 23.2 Å². The van der Waals surface area contributed by atoms with Gasteiger partial charge >= 0.3 is 0 Å². The van der Waals surface area contributed by atoms with Crippen LogP contribution in [-0.2, 0) is 0 Å². The molecule has 0 bridgehead atoms. The maximum Gasteiger partial charge on any atom is 0.184 e. The van der Waals surface area contributed by atoms with E-state index in [0.717, 1.165) is 14.7 Å². The lowest BCUT2D eigenvalue weighted by Crippen LogP contribution is -1.70. The molecule has 1 nitrogen and oxygen atoms in total. The number of aromatic nitrogens is 1. The van der Waals surface area contributed by atoms with Crippen molar-refractivity contribution in [3.8, 4) is 0 Å². The van der Waals surface area contributed by atoms with E-state index in [0.29, 0.717) is 9.49 Å². The van der Waals surface area contributed by atoms with E-state index in [-0.39, 0.29) is 0 Å². The molecule has 0 aliphatic heterocycles. The first-order chi connectivity index (χ1) is 5.66. The van der Waals surface area contributed by atoms with Crippen molar-refractivity contribution >= 4 is 60.7 Å². The molecule has 0 fully saturated rings. The van der Waals surface area contributed by atoms with Gasteiger partial charge in [-0.25, -0.2) is 4.98 Å². The molecule has 1 aromatic carbocycles. The highest BCUT2D eigenvalue weighted by Gasteiger charge is 2.04. The van der Waals surface area contributed by atoms with Gasteiger partial charge in [0, 0.05) is 4.47 Å². The van der Waals surface area contributed by atoms with E-state index < -0.39 is 0 Å². The third-order valence-corrected chi connectivity index (χ3v) is 3.72. The van der Waals surface area contributed by atoms with Crippen molar-refractivity contribution in [2.75, 3.05) is 0 Å². The average molecular weight is 283 g/mol. The molecule has 0 N–H and O–H groups in total. The Morgan fingerprint density at radius 1 is 1.33 bits per heavy atom. The first kappa shape index (κ1) is 8.75. The van der Waals surface area contributed by atoms with Crippen LogP contribution in [0.15, 0.2) is 16.6 Å². The monoisotopic (exact) mass is 281 g/mol. The van der Waals surface area contributed by atoms with Gasteiger partial charge in [0.2, 0.25) is 0 Å². The van der Waals surface area contributed by atoms with Gasteiger partial charge in [-0.05, 0) is 28.1 Å². The van der Waals surface area contributed by atoms with Gasteiger partial charge in [-0.3, -0.25) is 0 Å². The summed E-state index contributed by atoms with van der Waals surface area (Å²) in [5.41, 5.74) is 0.846. The first-order valence-electron chi connectivity index (χ1n) is 3.08. The summed E-state index contributed by atoms with van der Waals surface area (Å²) in [6.45, 7) is 0. The average Bonchev–Trinajstić information content (AvgIpc) is 2.30. The van der Waals surface area contributed by atoms with Crippen LogP contribution in [0.2, 0.25) is 9.49 Å². The maximum atomic E-state index is 5.87. The van der Waals surface area contributed by atoms with Gasteiger partial charge in [-0.15, -0.1) is 11.3 Å².